The molecule has 1 aromatic carbocycles. The van der Waals surface area contributed by atoms with Crippen molar-refractivity contribution < 1.29 is 9.59 Å². The molecule has 29 heavy (non-hydrogen) atoms. The number of nitrogens with zero attached hydrogens (tertiary/aromatic N) is 3. The van der Waals surface area contributed by atoms with Crippen LogP contribution in [-0.4, -0.2) is 51.0 Å². The van der Waals surface area contributed by atoms with E-state index in [2.05, 4.69) is 32.6 Å². The van der Waals surface area contributed by atoms with Gasteiger partial charge >= 0.3 is 0 Å². The average molecular weight is 398 g/mol. The second-order valence-corrected chi connectivity index (χ2v) is 7.16. The third-order valence-corrected chi connectivity index (χ3v) is 5.22. The zero-order chi connectivity index (χ0) is 20.8. The topological polar surface area (TPSA) is 134 Å². The zero-order valence-corrected chi connectivity index (χ0v) is 16.4. The minimum atomic E-state index is -0.429. The molecule has 2 aromatic rings. The fourth-order valence-corrected chi connectivity index (χ4v) is 3.65. The number of nitrogens with one attached hydrogen (secondary N) is 2. The molecule has 0 radical (unpaired) electrons. The average Bonchev–Trinajstić information content (AvgIpc) is 2.73. The first-order valence-electron chi connectivity index (χ1n) is 9.81. The van der Waals surface area contributed by atoms with Crippen LogP contribution in [0, 0.1) is 0 Å². The Labute approximate surface area is 168 Å². The molecule has 1 aliphatic heterocycles. The number of carbonyl (C=O) groups excluding carboxylic acids is 2. The van der Waals surface area contributed by atoms with Gasteiger partial charge in [-0.15, -0.1) is 10.2 Å². The molecule has 3 rings (SSSR count). The molecule has 0 spiro atoms. The molecule has 0 unspecified atom stereocenters. The van der Waals surface area contributed by atoms with Crippen LogP contribution in [0.1, 0.15) is 43.4 Å². The molecule has 1 aliphatic rings. The van der Waals surface area contributed by atoms with Gasteiger partial charge in [-0.25, -0.2) is 0 Å². The van der Waals surface area contributed by atoms with E-state index in [0.29, 0.717) is 19.5 Å². The smallest absolute Gasteiger partial charge is 0.274 e. The molecular formula is C20H26N6O3. The predicted molar refractivity (Wildman–Crippen MR) is 108 cm³/mol. The molecule has 0 saturated carbocycles. The van der Waals surface area contributed by atoms with Gasteiger partial charge in [-0.2, -0.15) is 0 Å². The van der Waals surface area contributed by atoms with Gasteiger partial charge in [-0.1, -0.05) is 37.3 Å². The molecule has 2 atom stereocenters. The quantitative estimate of drug-likeness (QED) is 0.652. The lowest BCUT2D eigenvalue weighted by Crippen LogP contribution is -2.53. The van der Waals surface area contributed by atoms with Crippen LogP contribution in [-0.2, 0) is 16.0 Å². The number of rotatable bonds is 6. The van der Waals surface area contributed by atoms with E-state index in [1.807, 2.05) is 25.1 Å². The van der Waals surface area contributed by atoms with Crippen LogP contribution in [0.5, 0.6) is 0 Å². The molecule has 2 heterocycles. The lowest BCUT2D eigenvalue weighted by atomic mass is 9.85. The monoisotopic (exact) mass is 398 g/mol. The van der Waals surface area contributed by atoms with Crippen molar-refractivity contribution in [1.82, 2.24) is 25.4 Å². The van der Waals surface area contributed by atoms with E-state index >= 15 is 0 Å². The number of hydrogen-bond donors (Lipinski definition) is 3. The van der Waals surface area contributed by atoms with Crippen LogP contribution >= 0.6 is 0 Å². The Bertz CT molecular complexity index is 914. The SMILES string of the molecule is CCC(=O)N[C@H]1CN(C(=O)CCc2nnc(N)[nH]c2=O)CC[C@H]1c1ccccc1. The number of hydrogen-bond acceptors (Lipinski definition) is 6. The highest BCUT2D eigenvalue weighted by Gasteiger charge is 2.33. The van der Waals surface area contributed by atoms with Crippen LogP contribution in [0.3, 0.4) is 0 Å². The van der Waals surface area contributed by atoms with Gasteiger partial charge in [0.25, 0.3) is 5.56 Å². The number of aromatic nitrogens is 3. The fourth-order valence-electron chi connectivity index (χ4n) is 3.65. The van der Waals surface area contributed by atoms with Gasteiger partial charge in [-0.05, 0) is 12.0 Å². The van der Waals surface area contributed by atoms with E-state index in [1.165, 1.54) is 0 Å². The van der Waals surface area contributed by atoms with Gasteiger partial charge in [0.05, 0.1) is 6.04 Å². The Morgan fingerprint density at radius 2 is 2.03 bits per heavy atom. The molecule has 0 aliphatic carbocycles. The van der Waals surface area contributed by atoms with Crippen molar-refractivity contribution in [3.63, 3.8) is 0 Å². The number of aryl methyl sites for hydroxylation is 1. The minimum Gasteiger partial charge on any atom is -0.368 e. The Kier molecular flexibility index (Phi) is 6.58. The first kappa shape index (κ1) is 20.5. The van der Waals surface area contributed by atoms with E-state index in [4.69, 9.17) is 5.73 Å². The standard InChI is InChI=1S/C20H26N6O3/c1-2-17(27)22-16-12-26(11-10-14(16)13-6-4-3-5-7-13)18(28)9-8-15-19(29)23-20(21)25-24-15/h3-7,14,16H,2,8-12H2,1H3,(H,22,27)(H3,21,23,25,29)/t14-,16-/m0/s1. The van der Waals surface area contributed by atoms with Crippen molar-refractivity contribution in [2.45, 2.75) is 44.6 Å². The van der Waals surface area contributed by atoms with E-state index in [0.717, 1.165) is 12.0 Å². The molecule has 4 N–H and O–H groups in total. The number of nitrogens with two attached hydrogens (primary N) is 1. The Hall–Kier alpha value is -3.23. The van der Waals surface area contributed by atoms with Crippen LogP contribution in [0.4, 0.5) is 5.95 Å². The Morgan fingerprint density at radius 3 is 2.72 bits per heavy atom. The second-order valence-electron chi connectivity index (χ2n) is 7.16. The predicted octanol–water partition coefficient (Wildman–Crippen LogP) is 0.591. The second kappa shape index (κ2) is 9.31. The molecule has 9 nitrogen and oxygen atoms in total. The maximum absolute atomic E-state index is 12.7. The number of carbonyl (C=O) groups is 2. The van der Waals surface area contributed by atoms with Crippen LogP contribution in [0.25, 0.3) is 0 Å². The van der Waals surface area contributed by atoms with E-state index in [-0.39, 0.29) is 48.3 Å². The van der Waals surface area contributed by atoms with Gasteiger partial charge in [-0.3, -0.25) is 19.4 Å². The Balaban J connectivity index is 1.66. The van der Waals surface area contributed by atoms with Crippen LogP contribution in [0.15, 0.2) is 35.1 Å². The molecule has 1 aromatic heterocycles. The zero-order valence-electron chi connectivity index (χ0n) is 16.4. The third kappa shape index (κ3) is 5.18. The van der Waals surface area contributed by atoms with Crippen LogP contribution in [0.2, 0.25) is 0 Å². The highest BCUT2D eigenvalue weighted by Crippen LogP contribution is 2.29. The highest BCUT2D eigenvalue weighted by molar-refractivity contribution is 5.78. The van der Waals surface area contributed by atoms with Gasteiger partial charge in [0, 0.05) is 38.3 Å². The lowest BCUT2D eigenvalue weighted by Gasteiger charge is -2.39. The van der Waals surface area contributed by atoms with E-state index in [1.54, 1.807) is 4.90 Å². The lowest BCUT2D eigenvalue weighted by molar-refractivity contribution is -0.134. The molecular weight excluding hydrogens is 372 g/mol. The maximum atomic E-state index is 12.7. The minimum absolute atomic E-state index is 0.0334. The summed E-state index contributed by atoms with van der Waals surface area (Å²) in [4.78, 5) is 40.7. The first-order valence-corrected chi connectivity index (χ1v) is 9.81. The molecule has 1 fully saturated rings. The summed E-state index contributed by atoms with van der Waals surface area (Å²) in [6.07, 6.45) is 1.48. The summed E-state index contributed by atoms with van der Waals surface area (Å²) in [5.41, 5.74) is 6.30. The summed E-state index contributed by atoms with van der Waals surface area (Å²) in [6.45, 7) is 2.85. The molecule has 1 saturated heterocycles. The van der Waals surface area contributed by atoms with E-state index in [9.17, 15) is 14.4 Å². The summed E-state index contributed by atoms with van der Waals surface area (Å²) >= 11 is 0. The summed E-state index contributed by atoms with van der Waals surface area (Å²) in [5.74, 6) is -0.0108. The van der Waals surface area contributed by atoms with Gasteiger partial charge < -0.3 is 16.0 Å². The largest absolute Gasteiger partial charge is 0.368 e. The van der Waals surface area contributed by atoms with Crippen molar-refractivity contribution in [3.8, 4) is 0 Å². The third-order valence-electron chi connectivity index (χ3n) is 5.22. The molecule has 0 bridgehead atoms. The fraction of sp³-hybridized carbons (Fsp3) is 0.450. The number of aromatic amines is 1. The summed E-state index contributed by atoms with van der Waals surface area (Å²) in [7, 11) is 0. The van der Waals surface area contributed by atoms with Crippen molar-refractivity contribution in [2.75, 3.05) is 18.8 Å². The van der Waals surface area contributed by atoms with Crippen molar-refractivity contribution >= 4 is 17.8 Å². The van der Waals surface area contributed by atoms with Gasteiger partial charge in [0.15, 0.2) is 0 Å². The number of amides is 2. The summed E-state index contributed by atoms with van der Waals surface area (Å²) in [6, 6.07) is 9.89. The maximum Gasteiger partial charge on any atom is 0.274 e. The van der Waals surface area contributed by atoms with Crippen molar-refractivity contribution in [2.24, 2.45) is 0 Å². The number of H-pyrrole nitrogens is 1. The molecule has 2 amide bonds. The van der Waals surface area contributed by atoms with Crippen LogP contribution < -0.4 is 16.6 Å². The van der Waals surface area contributed by atoms with E-state index < -0.39 is 5.56 Å². The number of likely N-dealkylation sites (tertiary alicyclic amines) is 1. The summed E-state index contributed by atoms with van der Waals surface area (Å²) in [5, 5.41) is 10.5. The number of benzene rings is 1. The number of anilines is 1. The van der Waals surface area contributed by atoms with Crippen molar-refractivity contribution in [1.29, 1.82) is 0 Å². The molecule has 9 heteroatoms. The first-order chi connectivity index (χ1) is 14.0. The van der Waals surface area contributed by atoms with Crippen molar-refractivity contribution in [3.05, 3.63) is 51.9 Å². The normalized spacial score (nSPS) is 19.0. The summed E-state index contributed by atoms with van der Waals surface area (Å²) < 4.78 is 0. The molecule has 154 valence electrons. The van der Waals surface area contributed by atoms with Gasteiger partial charge in [0.2, 0.25) is 17.8 Å². The van der Waals surface area contributed by atoms with Gasteiger partial charge in [0.1, 0.15) is 5.69 Å². The highest BCUT2D eigenvalue weighted by atomic mass is 16.2. The Morgan fingerprint density at radius 1 is 1.28 bits per heavy atom. The number of nitrogen functional groups attached to an aromatic ring is 1. The number of piperidine rings is 1.